The second-order valence-electron chi connectivity index (χ2n) is 5.82. The summed E-state index contributed by atoms with van der Waals surface area (Å²) in [6.07, 6.45) is 0. The monoisotopic (exact) mass is 269 g/mol. The molecule has 102 valence electrons. The summed E-state index contributed by atoms with van der Waals surface area (Å²) in [6.45, 7) is 9.99. The molecule has 0 aliphatic rings. The van der Waals surface area contributed by atoms with Gasteiger partial charge in [0, 0.05) is 17.1 Å². The molecule has 0 bridgehead atoms. The predicted molar refractivity (Wildman–Crippen MR) is 77.9 cm³/mol. The first-order chi connectivity index (χ1) is 8.21. The van der Waals surface area contributed by atoms with Crippen molar-refractivity contribution in [3.8, 4) is 0 Å². The Morgan fingerprint density at radius 1 is 1.11 bits per heavy atom. The Kier molecular flexibility index (Phi) is 5.20. The molecule has 0 fully saturated rings. The number of aliphatic hydroxyl groups is 1. The summed E-state index contributed by atoms with van der Waals surface area (Å²) in [4.78, 5) is 0. The number of rotatable bonds is 5. The minimum atomic E-state index is -0.737. The zero-order valence-corrected chi connectivity index (χ0v) is 12.6. The van der Waals surface area contributed by atoms with Gasteiger partial charge in [-0.15, -0.1) is 0 Å². The number of halogens is 1. The third-order valence-corrected chi connectivity index (χ3v) is 3.64. The highest BCUT2D eigenvalue weighted by Gasteiger charge is 2.26. The highest BCUT2D eigenvalue weighted by atomic mass is 35.5. The van der Waals surface area contributed by atoms with Crippen LogP contribution < -0.4 is 5.32 Å². The van der Waals surface area contributed by atoms with Gasteiger partial charge in [-0.3, -0.25) is 0 Å². The molecule has 0 amide bonds. The van der Waals surface area contributed by atoms with Crippen molar-refractivity contribution in [2.24, 2.45) is 5.92 Å². The van der Waals surface area contributed by atoms with Gasteiger partial charge in [0.15, 0.2) is 0 Å². The van der Waals surface area contributed by atoms with Crippen molar-refractivity contribution >= 4 is 11.6 Å². The largest absolute Gasteiger partial charge is 0.389 e. The first-order valence-corrected chi connectivity index (χ1v) is 6.83. The van der Waals surface area contributed by atoms with Gasteiger partial charge in [-0.05, 0) is 44.4 Å². The Balaban J connectivity index is 2.87. The number of nitrogens with one attached hydrogen (secondary N) is 1. The van der Waals surface area contributed by atoms with Crippen LogP contribution in [0.25, 0.3) is 0 Å². The van der Waals surface area contributed by atoms with Gasteiger partial charge in [-0.2, -0.15) is 0 Å². The highest BCUT2D eigenvalue weighted by Crippen LogP contribution is 2.25. The minimum absolute atomic E-state index is 0.0144. The Morgan fingerprint density at radius 3 is 2.00 bits per heavy atom. The first-order valence-electron chi connectivity index (χ1n) is 6.45. The molecule has 1 aromatic rings. The molecule has 0 aromatic heterocycles. The normalized spacial score (nSPS) is 15.8. The summed E-state index contributed by atoms with van der Waals surface area (Å²) in [7, 11) is 0. The van der Waals surface area contributed by atoms with E-state index in [0.717, 1.165) is 5.02 Å². The Labute approximate surface area is 115 Å². The van der Waals surface area contributed by atoms with E-state index in [-0.39, 0.29) is 12.1 Å². The minimum Gasteiger partial charge on any atom is -0.389 e. The van der Waals surface area contributed by atoms with Crippen LogP contribution in [0.3, 0.4) is 0 Å². The maximum atomic E-state index is 10.0. The molecule has 2 unspecified atom stereocenters. The molecule has 18 heavy (non-hydrogen) atoms. The van der Waals surface area contributed by atoms with Crippen LogP contribution in [0, 0.1) is 5.92 Å². The predicted octanol–water partition coefficient (Wildman–Crippen LogP) is 3.79. The summed E-state index contributed by atoms with van der Waals surface area (Å²) < 4.78 is 0. The number of hydrogen-bond acceptors (Lipinski definition) is 2. The van der Waals surface area contributed by atoms with Gasteiger partial charge in [0.1, 0.15) is 0 Å². The van der Waals surface area contributed by atoms with E-state index in [1.807, 2.05) is 45.0 Å². The van der Waals surface area contributed by atoms with Gasteiger partial charge in [-0.1, -0.05) is 37.6 Å². The SMILES string of the molecule is CC(C)C(NC(C)C(C)(C)O)c1ccc(Cl)cc1. The van der Waals surface area contributed by atoms with Crippen LogP contribution in [-0.2, 0) is 0 Å². The van der Waals surface area contributed by atoms with Crippen molar-refractivity contribution in [3.63, 3.8) is 0 Å². The van der Waals surface area contributed by atoms with Crippen molar-refractivity contribution in [2.75, 3.05) is 0 Å². The van der Waals surface area contributed by atoms with Gasteiger partial charge >= 0.3 is 0 Å². The van der Waals surface area contributed by atoms with Crippen LogP contribution in [0.15, 0.2) is 24.3 Å². The Hall–Kier alpha value is -0.570. The lowest BCUT2D eigenvalue weighted by Crippen LogP contribution is -2.47. The Bertz CT molecular complexity index is 367. The maximum absolute atomic E-state index is 10.0. The molecule has 0 saturated heterocycles. The molecule has 1 rings (SSSR count). The fraction of sp³-hybridized carbons (Fsp3) is 0.600. The van der Waals surface area contributed by atoms with E-state index in [1.54, 1.807) is 0 Å². The van der Waals surface area contributed by atoms with Crippen molar-refractivity contribution < 1.29 is 5.11 Å². The van der Waals surface area contributed by atoms with Gasteiger partial charge < -0.3 is 10.4 Å². The lowest BCUT2D eigenvalue weighted by Gasteiger charge is -2.33. The topological polar surface area (TPSA) is 32.3 Å². The zero-order valence-electron chi connectivity index (χ0n) is 11.9. The molecule has 0 radical (unpaired) electrons. The van der Waals surface area contributed by atoms with Gasteiger partial charge in [0.2, 0.25) is 0 Å². The van der Waals surface area contributed by atoms with Crippen molar-refractivity contribution in [1.29, 1.82) is 0 Å². The number of benzene rings is 1. The summed E-state index contributed by atoms with van der Waals surface area (Å²) >= 11 is 5.91. The van der Waals surface area contributed by atoms with E-state index in [2.05, 4.69) is 19.2 Å². The van der Waals surface area contributed by atoms with Crippen LogP contribution in [-0.4, -0.2) is 16.7 Å². The molecule has 2 atom stereocenters. The summed E-state index contributed by atoms with van der Waals surface area (Å²) in [5.74, 6) is 0.441. The fourth-order valence-electron chi connectivity index (χ4n) is 1.82. The van der Waals surface area contributed by atoms with E-state index in [0.29, 0.717) is 5.92 Å². The molecule has 0 spiro atoms. The zero-order chi connectivity index (χ0) is 13.9. The molecular formula is C15H24ClNO. The van der Waals surface area contributed by atoms with Crippen LogP contribution in [0.2, 0.25) is 5.02 Å². The quantitative estimate of drug-likeness (QED) is 0.853. The summed E-state index contributed by atoms with van der Waals surface area (Å²) in [5.41, 5.74) is 0.463. The lowest BCUT2D eigenvalue weighted by molar-refractivity contribution is 0.0372. The molecule has 0 saturated carbocycles. The van der Waals surface area contributed by atoms with E-state index in [4.69, 9.17) is 11.6 Å². The maximum Gasteiger partial charge on any atom is 0.0741 e. The summed E-state index contributed by atoms with van der Waals surface area (Å²) in [5, 5.41) is 14.3. The van der Waals surface area contributed by atoms with Gasteiger partial charge in [0.25, 0.3) is 0 Å². The molecule has 3 heteroatoms. The molecule has 1 aromatic carbocycles. The second-order valence-corrected chi connectivity index (χ2v) is 6.25. The lowest BCUT2D eigenvalue weighted by atomic mass is 9.92. The summed E-state index contributed by atoms with van der Waals surface area (Å²) in [6, 6.07) is 8.11. The third-order valence-electron chi connectivity index (χ3n) is 3.39. The van der Waals surface area contributed by atoms with Crippen molar-refractivity contribution in [3.05, 3.63) is 34.9 Å². The van der Waals surface area contributed by atoms with Crippen molar-refractivity contribution in [1.82, 2.24) is 5.32 Å². The Morgan fingerprint density at radius 2 is 1.61 bits per heavy atom. The van der Waals surface area contributed by atoms with Crippen LogP contribution in [0.5, 0.6) is 0 Å². The van der Waals surface area contributed by atoms with E-state index in [9.17, 15) is 5.11 Å². The van der Waals surface area contributed by atoms with E-state index in [1.165, 1.54) is 5.56 Å². The van der Waals surface area contributed by atoms with E-state index < -0.39 is 5.60 Å². The average Bonchev–Trinajstić information content (AvgIpc) is 2.25. The number of hydrogen-bond donors (Lipinski definition) is 2. The molecule has 0 aliphatic heterocycles. The molecular weight excluding hydrogens is 246 g/mol. The third kappa shape index (κ3) is 4.27. The van der Waals surface area contributed by atoms with Gasteiger partial charge in [-0.25, -0.2) is 0 Å². The molecule has 0 aliphatic carbocycles. The molecule has 0 heterocycles. The highest BCUT2D eigenvalue weighted by molar-refractivity contribution is 6.30. The van der Waals surface area contributed by atoms with Crippen LogP contribution in [0.1, 0.15) is 46.2 Å². The first kappa shape index (κ1) is 15.5. The van der Waals surface area contributed by atoms with Crippen LogP contribution >= 0.6 is 11.6 Å². The molecule has 2 nitrogen and oxygen atoms in total. The fourth-order valence-corrected chi connectivity index (χ4v) is 1.94. The smallest absolute Gasteiger partial charge is 0.0741 e. The second kappa shape index (κ2) is 6.05. The van der Waals surface area contributed by atoms with Gasteiger partial charge in [0.05, 0.1) is 5.60 Å². The average molecular weight is 270 g/mol. The van der Waals surface area contributed by atoms with Crippen LogP contribution in [0.4, 0.5) is 0 Å². The van der Waals surface area contributed by atoms with E-state index >= 15 is 0 Å². The standard InChI is InChI=1S/C15H24ClNO/c1-10(2)14(17-11(3)15(4,5)18)12-6-8-13(16)9-7-12/h6-11,14,17-18H,1-5H3. The molecule has 2 N–H and O–H groups in total. The van der Waals surface area contributed by atoms with Crippen molar-refractivity contribution in [2.45, 2.75) is 52.3 Å².